The molecule has 0 saturated carbocycles. The van der Waals surface area contributed by atoms with E-state index in [-0.39, 0.29) is 0 Å². The van der Waals surface area contributed by atoms with Crippen molar-refractivity contribution in [3.05, 3.63) is 23.8 Å². The van der Waals surface area contributed by atoms with Crippen LogP contribution in [0.4, 0.5) is 0 Å². The van der Waals surface area contributed by atoms with E-state index < -0.39 is 0 Å². The fourth-order valence-electron chi connectivity index (χ4n) is 2.36. The van der Waals surface area contributed by atoms with E-state index in [1.807, 2.05) is 6.07 Å². The molecule has 0 spiro atoms. The Balaban J connectivity index is 1.99. The number of hydrogen-bond donors (Lipinski definition) is 1. The average molecular weight is 266 g/mol. The first kappa shape index (κ1) is 13.7. The Morgan fingerprint density at radius 1 is 1.33 bits per heavy atom. The van der Waals surface area contributed by atoms with Crippen LogP contribution in [0.15, 0.2) is 23.1 Å². The molecule has 0 unspecified atom stereocenters. The lowest BCUT2D eigenvalue weighted by atomic mass is 10.1. The van der Waals surface area contributed by atoms with Gasteiger partial charge in [-0.25, -0.2) is 0 Å². The van der Waals surface area contributed by atoms with Gasteiger partial charge in [0.05, 0.1) is 12.0 Å². The van der Waals surface area contributed by atoms with Gasteiger partial charge in [0.2, 0.25) is 0 Å². The van der Waals surface area contributed by atoms with Crippen molar-refractivity contribution >= 4 is 11.8 Å². The zero-order valence-corrected chi connectivity index (χ0v) is 12.1. The molecule has 1 saturated heterocycles. The van der Waals surface area contributed by atoms with E-state index in [1.165, 1.54) is 23.5 Å². The molecule has 0 aliphatic carbocycles. The van der Waals surface area contributed by atoms with Crippen LogP contribution in [0.3, 0.4) is 0 Å². The Kier molecular flexibility index (Phi) is 5.35. The highest BCUT2D eigenvalue weighted by Gasteiger charge is 2.12. The van der Waals surface area contributed by atoms with E-state index in [0.29, 0.717) is 0 Å². The molecule has 4 heteroatoms. The van der Waals surface area contributed by atoms with E-state index in [4.69, 9.17) is 4.74 Å². The van der Waals surface area contributed by atoms with Gasteiger partial charge in [0.25, 0.3) is 0 Å². The number of ether oxygens (including phenoxy) is 1. The maximum Gasteiger partial charge on any atom is 0.132 e. The Labute approximate surface area is 114 Å². The molecule has 100 valence electrons. The monoisotopic (exact) mass is 266 g/mol. The van der Waals surface area contributed by atoms with Gasteiger partial charge < -0.3 is 15.0 Å². The van der Waals surface area contributed by atoms with Crippen molar-refractivity contribution in [1.82, 2.24) is 10.2 Å². The number of methoxy groups -OCH3 is 1. The van der Waals surface area contributed by atoms with Gasteiger partial charge in [0, 0.05) is 32.7 Å². The summed E-state index contributed by atoms with van der Waals surface area (Å²) in [6.07, 6.45) is 3.22. The fourth-order valence-corrected chi connectivity index (χ4v) is 3.15. The standard InChI is InChI=1S/C14H22N2OS/c1-17-13-5-3-4-12(14(13)18-2)6-9-16-10-7-15-8-11-16/h3-5,15H,6-11H2,1-2H3. The van der Waals surface area contributed by atoms with Crippen molar-refractivity contribution < 1.29 is 4.74 Å². The number of piperazine rings is 1. The molecule has 1 aliphatic rings. The van der Waals surface area contributed by atoms with Crippen LogP contribution in [-0.2, 0) is 6.42 Å². The second kappa shape index (κ2) is 7.02. The zero-order valence-electron chi connectivity index (χ0n) is 11.2. The molecule has 1 fully saturated rings. The minimum atomic E-state index is 1.00. The van der Waals surface area contributed by atoms with Crippen LogP contribution in [0.1, 0.15) is 5.56 Å². The molecule has 0 atom stereocenters. The van der Waals surface area contributed by atoms with Crippen molar-refractivity contribution in [3.63, 3.8) is 0 Å². The molecule has 1 aromatic carbocycles. The molecule has 2 rings (SSSR count). The van der Waals surface area contributed by atoms with Gasteiger partial charge in [-0.1, -0.05) is 12.1 Å². The van der Waals surface area contributed by atoms with Gasteiger partial charge in [-0.2, -0.15) is 0 Å². The summed E-state index contributed by atoms with van der Waals surface area (Å²) in [5.41, 5.74) is 1.40. The number of nitrogens with one attached hydrogen (secondary N) is 1. The molecular formula is C14H22N2OS. The summed E-state index contributed by atoms with van der Waals surface area (Å²) in [5.74, 6) is 1.00. The van der Waals surface area contributed by atoms with Crippen LogP contribution < -0.4 is 10.1 Å². The number of nitrogens with zero attached hydrogens (tertiary/aromatic N) is 1. The van der Waals surface area contributed by atoms with Crippen molar-refractivity contribution in [2.45, 2.75) is 11.3 Å². The van der Waals surface area contributed by atoms with Crippen LogP contribution in [0.25, 0.3) is 0 Å². The number of hydrogen-bond acceptors (Lipinski definition) is 4. The summed E-state index contributed by atoms with van der Waals surface area (Å²) in [6.45, 7) is 5.71. The van der Waals surface area contributed by atoms with Crippen molar-refractivity contribution in [2.75, 3.05) is 46.1 Å². The second-order valence-corrected chi connectivity index (χ2v) is 5.31. The Morgan fingerprint density at radius 2 is 2.11 bits per heavy atom. The molecule has 18 heavy (non-hydrogen) atoms. The third-order valence-electron chi connectivity index (χ3n) is 3.39. The van der Waals surface area contributed by atoms with Crippen molar-refractivity contribution in [2.24, 2.45) is 0 Å². The van der Waals surface area contributed by atoms with E-state index in [1.54, 1.807) is 18.9 Å². The van der Waals surface area contributed by atoms with E-state index in [0.717, 1.165) is 31.8 Å². The Bertz CT molecular complexity index is 378. The largest absolute Gasteiger partial charge is 0.496 e. The predicted molar refractivity (Wildman–Crippen MR) is 77.8 cm³/mol. The average Bonchev–Trinajstić information content (AvgIpc) is 2.45. The highest BCUT2D eigenvalue weighted by atomic mass is 32.2. The maximum absolute atomic E-state index is 5.42. The Hall–Kier alpha value is -0.710. The van der Waals surface area contributed by atoms with Crippen LogP contribution in [-0.4, -0.2) is 51.0 Å². The first-order valence-electron chi connectivity index (χ1n) is 6.48. The summed E-state index contributed by atoms with van der Waals surface area (Å²) in [5, 5.41) is 3.39. The smallest absolute Gasteiger partial charge is 0.132 e. The molecule has 0 bridgehead atoms. The summed E-state index contributed by atoms with van der Waals surface area (Å²) >= 11 is 1.78. The van der Waals surface area contributed by atoms with Crippen molar-refractivity contribution in [3.8, 4) is 5.75 Å². The van der Waals surface area contributed by atoms with Crippen LogP contribution >= 0.6 is 11.8 Å². The van der Waals surface area contributed by atoms with Gasteiger partial charge in [0.1, 0.15) is 5.75 Å². The Morgan fingerprint density at radius 3 is 2.78 bits per heavy atom. The van der Waals surface area contributed by atoms with E-state index in [9.17, 15) is 0 Å². The molecule has 0 aromatic heterocycles. The third-order valence-corrected chi connectivity index (χ3v) is 4.26. The SMILES string of the molecule is COc1cccc(CCN2CCNCC2)c1SC. The molecule has 1 heterocycles. The highest BCUT2D eigenvalue weighted by Crippen LogP contribution is 2.31. The molecular weight excluding hydrogens is 244 g/mol. The lowest BCUT2D eigenvalue weighted by Gasteiger charge is -2.27. The zero-order chi connectivity index (χ0) is 12.8. The topological polar surface area (TPSA) is 24.5 Å². The minimum Gasteiger partial charge on any atom is -0.496 e. The molecule has 1 aliphatic heterocycles. The number of benzene rings is 1. The van der Waals surface area contributed by atoms with E-state index in [2.05, 4.69) is 28.6 Å². The fraction of sp³-hybridized carbons (Fsp3) is 0.571. The summed E-state index contributed by atoms with van der Waals surface area (Å²) < 4.78 is 5.42. The lowest BCUT2D eigenvalue weighted by Crippen LogP contribution is -2.44. The normalized spacial score (nSPS) is 16.8. The number of thioether (sulfide) groups is 1. The van der Waals surface area contributed by atoms with Gasteiger partial charge in [0.15, 0.2) is 0 Å². The predicted octanol–water partition coefficient (Wildman–Crippen LogP) is 1.86. The second-order valence-electron chi connectivity index (χ2n) is 4.49. The summed E-state index contributed by atoms with van der Waals surface area (Å²) in [6, 6.07) is 6.35. The molecule has 0 radical (unpaired) electrons. The van der Waals surface area contributed by atoms with Crippen molar-refractivity contribution in [1.29, 1.82) is 0 Å². The van der Waals surface area contributed by atoms with Gasteiger partial charge in [-0.3, -0.25) is 0 Å². The maximum atomic E-state index is 5.42. The minimum absolute atomic E-state index is 1.00. The first-order chi connectivity index (χ1) is 8.85. The van der Waals surface area contributed by atoms with Gasteiger partial charge in [-0.15, -0.1) is 11.8 Å². The van der Waals surface area contributed by atoms with Crippen LogP contribution in [0.5, 0.6) is 5.75 Å². The van der Waals surface area contributed by atoms with Crippen LogP contribution in [0.2, 0.25) is 0 Å². The first-order valence-corrected chi connectivity index (χ1v) is 7.70. The number of rotatable bonds is 5. The third kappa shape index (κ3) is 3.40. The van der Waals surface area contributed by atoms with Crippen LogP contribution in [0, 0.1) is 0 Å². The summed E-state index contributed by atoms with van der Waals surface area (Å²) in [4.78, 5) is 3.82. The molecule has 3 nitrogen and oxygen atoms in total. The van der Waals surface area contributed by atoms with E-state index >= 15 is 0 Å². The lowest BCUT2D eigenvalue weighted by molar-refractivity contribution is 0.243. The van der Waals surface area contributed by atoms with Gasteiger partial charge in [-0.05, 0) is 24.3 Å². The molecule has 1 aromatic rings. The molecule has 0 amide bonds. The quantitative estimate of drug-likeness (QED) is 0.822. The summed E-state index contributed by atoms with van der Waals surface area (Å²) in [7, 11) is 1.75. The van der Waals surface area contributed by atoms with Gasteiger partial charge >= 0.3 is 0 Å². The highest BCUT2D eigenvalue weighted by molar-refractivity contribution is 7.98. The molecule has 1 N–H and O–H groups in total.